The highest BCUT2D eigenvalue weighted by Crippen LogP contribution is 2.42. The number of nitrogens with one attached hydrogen (secondary N) is 1. The van der Waals surface area contributed by atoms with Gasteiger partial charge in [0.15, 0.2) is 0 Å². The summed E-state index contributed by atoms with van der Waals surface area (Å²) in [5.41, 5.74) is 1.32. The van der Waals surface area contributed by atoms with Gasteiger partial charge in [-0.1, -0.05) is 42.1 Å². The van der Waals surface area contributed by atoms with Crippen molar-refractivity contribution in [1.82, 2.24) is 0 Å². The van der Waals surface area contributed by atoms with Crippen LogP contribution in [-0.2, 0) is 16.0 Å². The van der Waals surface area contributed by atoms with Gasteiger partial charge >= 0.3 is 0 Å². The summed E-state index contributed by atoms with van der Waals surface area (Å²) in [5.74, 6) is -1.98. The lowest BCUT2D eigenvalue weighted by Crippen LogP contribution is -2.30. The Morgan fingerprint density at radius 2 is 1.58 bits per heavy atom. The van der Waals surface area contributed by atoms with Gasteiger partial charge in [0, 0.05) is 11.4 Å². The van der Waals surface area contributed by atoms with Crippen molar-refractivity contribution >= 4 is 35.0 Å². The number of carbonyl (C=O) groups is 2. The van der Waals surface area contributed by atoms with Gasteiger partial charge < -0.3 is 5.32 Å². The van der Waals surface area contributed by atoms with Crippen molar-refractivity contribution in [3.63, 3.8) is 0 Å². The molecule has 1 fully saturated rings. The van der Waals surface area contributed by atoms with Gasteiger partial charge in [0.1, 0.15) is 28.3 Å². The van der Waals surface area contributed by atoms with Crippen LogP contribution < -0.4 is 10.2 Å². The number of hydrogen-bond donors (Lipinski definition) is 1. The van der Waals surface area contributed by atoms with Gasteiger partial charge in [0.05, 0.1) is 5.25 Å². The second-order valence-corrected chi connectivity index (χ2v) is 8.39. The van der Waals surface area contributed by atoms with Crippen LogP contribution in [0.3, 0.4) is 0 Å². The molecule has 0 aromatic heterocycles. The second kappa shape index (κ2) is 9.67. The lowest BCUT2D eigenvalue weighted by atomic mass is 10.1. The van der Waals surface area contributed by atoms with Crippen LogP contribution in [0.4, 0.5) is 20.2 Å². The Hall–Kier alpha value is -3.96. The van der Waals surface area contributed by atoms with Gasteiger partial charge in [-0.25, -0.2) is 8.78 Å². The summed E-state index contributed by atoms with van der Waals surface area (Å²) in [6.45, 7) is 0. The highest BCUT2D eigenvalue weighted by molar-refractivity contribution is 8.05. The predicted molar refractivity (Wildman–Crippen MR) is 123 cm³/mol. The van der Waals surface area contributed by atoms with Gasteiger partial charge in [0.2, 0.25) is 5.91 Å². The molecule has 0 spiro atoms. The van der Waals surface area contributed by atoms with E-state index in [1.165, 1.54) is 53.4 Å². The van der Waals surface area contributed by atoms with Crippen molar-refractivity contribution in [3.8, 4) is 6.07 Å². The third-order valence-corrected chi connectivity index (χ3v) is 6.22. The van der Waals surface area contributed by atoms with Crippen LogP contribution in [0.5, 0.6) is 0 Å². The zero-order valence-electron chi connectivity index (χ0n) is 17.2. The van der Waals surface area contributed by atoms with Crippen molar-refractivity contribution in [2.75, 3.05) is 10.2 Å². The SMILES string of the molecule is N#CC(C(=O)Nc1ccc(F)cc1)=C1SC(Cc2ccccc2)C(=O)N1c1ccc(F)cc1. The van der Waals surface area contributed by atoms with Crippen LogP contribution in [0, 0.1) is 23.0 Å². The Morgan fingerprint density at radius 3 is 2.18 bits per heavy atom. The monoisotopic (exact) mass is 461 g/mol. The molecule has 1 heterocycles. The number of amides is 2. The summed E-state index contributed by atoms with van der Waals surface area (Å²) in [6, 6.07) is 21.7. The van der Waals surface area contributed by atoms with E-state index < -0.39 is 22.8 Å². The molecule has 164 valence electrons. The summed E-state index contributed by atoms with van der Waals surface area (Å²) in [5, 5.41) is 12.0. The van der Waals surface area contributed by atoms with Crippen molar-refractivity contribution in [3.05, 3.63) is 107 Å². The number of rotatable bonds is 5. The molecule has 2 amide bonds. The average Bonchev–Trinajstić information content (AvgIpc) is 3.12. The third-order valence-electron chi connectivity index (χ3n) is 4.96. The predicted octanol–water partition coefficient (Wildman–Crippen LogP) is 5.03. The van der Waals surface area contributed by atoms with E-state index in [1.54, 1.807) is 0 Å². The van der Waals surface area contributed by atoms with Gasteiger partial charge in [-0.3, -0.25) is 14.5 Å². The molecule has 1 aliphatic heterocycles. The molecule has 3 aromatic rings. The number of carbonyl (C=O) groups excluding carboxylic acids is 2. The van der Waals surface area contributed by atoms with E-state index in [2.05, 4.69) is 5.32 Å². The first kappa shape index (κ1) is 22.2. The fourth-order valence-corrected chi connectivity index (χ4v) is 4.68. The van der Waals surface area contributed by atoms with E-state index in [-0.39, 0.29) is 16.5 Å². The highest BCUT2D eigenvalue weighted by Gasteiger charge is 2.40. The first-order chi connectivity index (χ1) is 16.0. The number of halogens is 2. The largest absolute Gasteiger partial charge is 0.321 e. The van der Waals surface area contributed by atoms with Crippen LogP contribution in [0.2, 0.25) is 0 Å². The van der Waals surface area contributed by atoms with E-state index in [0.717, 1.165) is 17.3 Å². The number of benzene rings is 3. The van der Waals surface area contributed by atoms with E-state index in [9.17, 15) is 23.6 Å². The summed E-state index contributed by atoms with van der Waals surface area (Å²) < 4.78 is 26.7. The maximum atomic E-state index is 13.5. The minimum Gasteiger partial charge on any atom is -0.321 e. The van der Waals surface area contributed by atoms with E-state index in [0.29, 0.717) is 17.8 Å². The molecule has 3 aromatic carbocycles. The third kappa shape index (κ3) is 4.94. The van der Waals surface area contributed by atoms with Crippen LogP contribution in [0.15, 0.2) is 89.5 Å². The highest BCUT2D eigenvalue weighted by atomic mass is 32.2. The van der Waals surface area contributed by atoms with Crippen molar-refractivity contribution in [2.24, 2.45) is 0 Å². The standard InChI is InChI=1S/C25H17F2N3O2S/c26-17-6-10-19(11-7-17)29-23(31)21(15-28)25-30(20-12-8-18(27)9-13-20)24(32)22(33-25)14-16-4-2-1-3-5-16/h1-13,22H,14H2,(H,29,31). The summed E-state index contributed by atoms with van der Waals surface area (Å²) in [7, 11) is 0. The minimum atomic E-state index is -0.730. The van der Waals surface area contributed by atoms with Crippen molar-refractivity contribution in [2.45, 2.75) is 11.7 Å². The number of anilines is 2. The van der Waals surface area contributed by atoms with E-state index in [4.69, 9.17) is 0 Å². The molecule has 4 rings (SSSR count). The molecule has 1 N–H and O–H groups in total. The second-order valence-electron chi connectivity index (χ2n) is 7.20. The lowest BCUT2D eigenvalue weighted by molar-refractivity contribution is -0.117. The molecule has 0 aliphatic carbocycles. The number of hydrogen-bond acceptors (Lipinski definition) is 4. The average molecular weight is 461 g/mol. The van der Waals surface area contributed by atoms with Crippen LogP contribution in [-0.4, -0.2) is 17.1 Å². The summed E-state index contributed by atoms with van der Waals surface area (Å²) in [6.07, 6.45) is 0.393. The molecular formula is C25H17F2N3O2S. The van der Waals surface area contributed by atoms with Crippen LogP contribution in [0.1, 0.15) is 5.56 Å². The number of nitrogens with zero attached hydrogens (tertiary/aromatic N) is 2. The minimum absolute atomic E-state index is 0.162. The molecular weight excluding hydrogens is 444 g/mol. The zero-order chi connectivity index (χ0) is 23.4. The van der Waals surface area contributed by atoms with E-state index >= 15 is 0 Å². The quantitative estimate of drug-likeness (QED) is 0.427. The first-order valence-corrected chi connectivity index (χ1v) is 10.9. The Labute approximate surface area is 193 Å². The fourth-order valence-electron chi connectivity index (χ4n) is 3.37. The van der Waals surface area contributed by atoms with Gasteiger partial charge in [-0.15, -0.1) is 0 Å². The fraction of sp³-hybridized carbons (Fsp3) is 0.0800. The van der Waals surface area contributed by atoms with Crippen LogP contribution >= 0.6 is 11.8 Å². The molecule has 0 bridgehead atoms. The lowest BCUT2D eigenvalue weighted by Gasteiger charge is -2.18. The molecule has 1 saturated heterocycles. The number of nitriles is 1. The van der Waals surface area contributed by atoms with Gasteiger partial charge in [-0.05, 0) is 60.5 Å². The maximum absolute atomic E-state index is 13.5. The Balaban J connectivity index is 1.72. The maximum Gasteiger partial charge on any atom is 0.269 e. The van der Waals surface area contributed by atoms with Gasteiger partial charge in [0.25, 0.3) is 5.91 Å². The Bertz CT molecular complexity index is 1250. The molecule has 5 nitrogen and oxygen atoms in total. The van der Waals surface area contributed by atoms with Crippen molar-refractivity contribution < 1.29 is 18.4 Å². The Kier molecular flexibility index (Phi) is 6.52. The molecule has 1 unspecified atom stereocenters. The smallest absolute Gasteiger partial charge is 0.269 e. The van der Waals surface area contributed by atoms with Crippen molar-refractivity contribution in [1.29, 1.82) is 5.26 Å². The Morgan fingerprint density at radius 1 is 0.970 bits per heavy atom. The van der Waals surface area contributed by atoms with Gasteiger partial charge in [-0.2, -0.15) is 5.26 Å². The zero-order valence-corrected chi connectivity index (χ0v) is 18.0. The van der Waals surface area contributed by atoms with Crippen LogP contribution in [0.25, 0.3) is 0 Å². The van der Waals surface area contributed by atoms with E-state index in [1.807, 2.05) is 36.4 Å². The normalized spacial score (nSPS) is 16.9. The first-order valence-electron chi connectivity index (χ1n) is 9.97. The topological polar surface area (TPSA) is 73.2 Å². The molecule has 0 radical (unpaired) electrons. The summed E-state index contributed by atoms with van der Waals surface area (Å²) in [4.78, 5) is 27.5. The molecule has 1 atom stereocenters. The molecule has 33 heavy (non-hydrogen) atoms. The number of thioether (sulfide) groups is 1. The molecule has 1 aliphatic rings. The molecule has 8 heteroatoms. The summed E-state index contributed by atoms with van der Waals surface area (Å²) >= 11 is 1.11. The molecule has 0 saturated carbocycles.